The molecule has 28 heavy (non-hydrogen) atoms. The lowest BCUT2D eigenvalue weighted by Crippen LogP contribution is -2.40. The van der Waals surface area contributed by atoms with Gasteiger partial charge >= 0.3 is 0 Å². The highest BCUT2D eigenvalue weighted by molar-refractivity contribution is 6.13. The van der Waals surface area contributed by atoms with Crippen LogP contribution >= 0.6 is 0 Å². The Kier molecular flexibility index (Phi) is 5.73. The topological polar surface area (TPSA) is 67.4 Å². The summed E-state index contributed by atoms with van der Waals surface area (Å²) in [5, 5.41) is 5.96. The highest BCUT2D eigenvalue weighted by atomic mass is 16.5. The summed E-state index contributed by atoms with van der Waals surface area (Å²) < 4.78 is 5.14. The second-order valence-electron chi connectivity index (χ2n) is 7.76. The summed E-state index contributed by atoms with van der Waals surface area (Å²) in [6.07, 6.45) is 1.16. The number of para-hydroxylation sites is 1. The van der Waals surface area contributed by atoms with E-state index >= 15 is 0 Å². The van der Waals surface area contributed by atoms with E-state index in [0.717, 1.165) is 28.1 Å². The number of ether oxygens (including phenoxy) is 1. The number of carbonyl (C=O) groups is 2. The van der Waals surface area contributed by atoms with E-state index in [1.165, 1.54) is 0 Å². The van der Waals surface area contributed by atoms with Crippen LogP contribution < -0.4 is 15.4 Å². The molecule has 2 N–H and O–H groups in total. The lowest BCUT2D eigenvalue weighted by molar-refractivity contribution is -0.134. The second kappa shape index (κ2) is 8.05. The predicted octanol–water partition coefficient (Wildman–Crippen LogP) is 4.16. The van der Waals surface area contributed by atoms with Crippen LogP contribution in [0.1, 0.15) is 49.3 Å². The van der Waals surface area contributed by atoms with Gasteiger partial charge in [0.15, 0.2) is 0 Å². The summed E-state index contributed by atoms with van der Waals surface area (Å²) in [6.45, 7) is 6.56. The Morgan fingerprint density at radius 2 is 1.75 bits per heavy atom. The lowest BCUT2D eigenvalue weighted by atomic mass is 9.97. The molecule has 1 aliphatic rings. The Labute approximate surface area is 166 Å². The summed E-state index contributed by atoms with van der Waals surface area (Å²) in [5.41, 5.74) is 2.93. The largest absolute Gasteiger partial charge is 0.497 e. The van der Waals surface area contributed by atoms with Gasteiger partial charge in [-0.3, -0.25) is 9.59 Å². The third kappa shape index (κ3) is 4.03. The van der Waals surface area contributed by atoms with Gasteiger partial charge in [-0.15, -0.1) is 0 Å². The molecule has 0 aliphatic heterocycles. The van der Waals surface area contributed by atoms with Gasteiger partial charge in [-0.05, 0) is 54.5 Å². The summed E-state index contributed by atoms with van der Waals surface area (Å²) >= 11 is 0. The Hall–Kier alpha value is -2.82. The average Bonchev–Trinajstić information content (AvgIpc) is 3.50. The van der Waals surface area contributed by atoms with Crippen molar-refractivity contribution in [2.45, 2.75) is 46.1 Å². The molecule has 1 fully saturated rings. The van der Waals surface area contributed by atoms with Gasteiger partial charge in [0.2, 0.25) is 11.8 Å². The van der Waals surface area contributed by atoms with Gasteiger partial charge in [0.05, 0.1) is 7.11 Å². The van der Waals surface area contributed by atoms with E-state index in [1.54, 1.807) is 7.11 Å². The van der Waals surface area contributed by atoms with Gasteiger partial charge in [-0.1, -0.05) is 44.2 Å². The van der Waals surface area contributed by atoms with Crippen LogP contribution in [0.25, 0.3) is 0 Å². The summed E-state index contributed by atoms with van der Waals surface area (Å²) in [6, 6.07) is 13.5. The fourth-order valence-electron chi connectivity index (χ4n) is 3.35. The normalized spacial score (nSPS) is 14.5. The minimum absolute atomic E-state index is 0.208. The van der Waals surface area contributed by atoms with Gasteiger partial charge in [-0.25, -0.2) is 0 Å². The molecule has 0 atom stereocenters. The number of benzene rings is 2. The summed E-state index contributed by atoms with van der Waals surface area (Å²) in [7, 11) is 1.62. The smallest absolute Gasteiger partial charge is 0.240 e. The quantitative estimate of drug-likeness (QED) is 0.709. The molecular formula is C23H28N2O3. The van der Waals surface area contributed by atoms with E-state index in [-0.39, 0.29) is 17.7 Å². The Morgan fingerprint density at radius 1 is 1.07 bits per heavy atom. The Bertz CT molecular complexity index is 868. The van der Waals surface area contributed by atoms with Crippen LogP contribution in [0, 0.1) is 12.3 Å². The van der Waals surface area contributed by atoms with Gasteiger partial charge in [-0.2, -0.15) is 0 Å². The van der Waals surface area contributed by atoms with Crippen molar-refractivity contribution in [1.29, 1.82) is 0 Å². The number of rotatable bonds is 7. The fraction of sp³-hybridized carbons (Fsp3) is 0.391. The second-order valence-corrected chi connectivity index (χ2v) is 7.76. The first kappa shape index (κ1) is 19.9. The zero-order chi connectivity index (χ0) is 20.3. The molecule has 1 aliphatic carbocycles. The molecule has 2 aromatic rings. The zero-order valence-corrected chi connectivity index (χ0v) is 17.0. The standard InChI is InChI=1S/C23H28N2O3/c1-15(2)19-7-5-6-16(3)20(19)25-22(27)23(12-13-23)21(26)24-14-17-8-10-18(28-4)11-9-17/h5-11,15H,12-14H2,1-4H3,(H,24,26)(H,25,27). The maximum Gasteiger partial charge on any atom is 0.240 e. The average molecular weight is 380 g/mol. The molecule has 2 amide bonds. The van der Waals surface area contributed by atoms with Gasteiger partial charge in [0.1, 0.15) is 11.2 Å². The first-order valence-corrected chi connectivity index (χ1v) is 9.69. The van der Waals surface area contributed by atoms with Crippen molar-refractivity contribution < 1.29 is 14.3 Å². The van der Waals surface area contributed by atoms with Crippen LogP contribution in [0.4, 0.5) is 5.69 Å². The number of anilines is 1. The Morgan fingerprint density at radius 3 is 2.32 bits per heavy atom. The van der Waals surface area contributed by atoms with Crippen molar-refractivity contribution >= 4 is 17.5 Å². The highest BCUT2D eigenvalue weighted by Gasteiger charge is 2.56. The molecule has 0 aromatic heterocycles. The molecule has 3 rings (SSSR count). The van der Waals surface area contributed by atoms with E-state index in [4.69, 9.17) is 4.74 Å². The van der Waals surface area contributed by atoms with Crippen LogP contribution in [0.5, 0.6) is 5.75 Å². The van der Waals surface area contributed by atoms with Crippen LogP contribution in [-0.4, -0.2) is 18.9 Å². The minimum Gasteiger partial charge on any atom is -0.497 e. The first-order valence-electron chi connectivity index (χ1n) is 9.69. The van der Waals surface area contributed by atoms with Crippen LogP contribution in [0.15, 0.2) is 42.5 Å². The molecule has 2 aromatic carbocycles. The third-order valence-electron chi connectivity index (χ3n) is 5.40. The molecule has 0 saturated heterocycles. The minimum atomic E-state index is -0.955. The molecule has 0 unspecified atom stereocenters. The summed E-state index contributed by atoms with van der Waals surface area (Å²) in [4.78, 5) is 25.7. The number of carbonyl (C=O) groups excluding carboxylic acids is 2. The van der Waals surface area contributed by atoms with E-state index in [1.807, 2.05) is 49.4 Å². The fourth-order valence-corrected chi connectivity index (χ4v) is 3.35. The SMILES string of the molecule is COc1ccc(CNC(=O)C2(C(=O)Nc3c(C)cccc3C(C)C)CC2)cc1. The molecule has 0 bridgehead atoms. The van der Waals surface area contributed by atoms with Crippen molar-refractivity contribution in [3.63, 3.8) is 0 Å². The Balaban J connectivity index is 1.67. The van der Waals surface area contributed by atoms with Crippen LogP contribution in [0.3, 0.4) is 0 Å². The van der Waals surface area contributed by atoms with Crippen molar-refractivity contribution in [2.24, 2.45) is 5.41 Å². The number of hydrogen-bond acceptors (Lipinski definition) is 3. The van der Waals surface area contributed by atoms with Crippen molar-refractivity contribution in [1.82, 2.24) is 5.32 Å². The van der Waals surface area contributed by atoms with Gasteiger partial charge in [0, 0.05) is 12.2 Å². The maximum absolute atomic E-state index is 13.0. The monoisotopic (exact) mass is 380 g/mol. The number of hydrogen-bond donors (Lipinski definition) is 2. The molecule has 5 heteroatoms. The van der Waals surface area contributed by atoms with Crippen molar-refractivity contribution in [3.8, 4) is 5.75 Å². The number of nitrogens with one attached hydrogen (secondary N) is 2. The van der Waals surface area contributed by atoms with Crippen molar-refractivity contribution in [3.05, 3.63) is 59.2 Å². The summed E-state index contributed by atoms with van der Waals surface area (Å²) in [5.74, 6) is 0.637. The number of methoxy groups -OCH3 is 1. The van der Waals surface area contributed by atoms with Gasteiger partial charge in [0.25, 0.3) is 0 Å². The van der Waals surface area contributed by atoms with E-state index in [0.29, 0.717) is 19.4 Å². The third-order valence-corrected chi connectivity index (χ3v) is 5.40. The highest BCUT2D eigenvalue weighted by Crippen LogP contribution is 2.47. The van der Waals surface area contributed by atoms with E-state index in [2.05, 4.69) is 24.5 Å². The van der Waals surface area contributed by atoms with Gasteiger partial charge < -0.3 is 15.4 Å². The molecular weight excluding hydrogens is 352 g/mol. The number of amides is 2. The molecule has 0 spiro atoms. The molecule has 0 radical (unpaired) electrons. The molecule has 1 saturated carbocycles. The molecule has 5 nitrogen and oxygen atoms in total. The van der Waals surface area contributed by atoms with Crippen LogP contribution in [0.2, 0.25) is 0 Å². The van der Waals surface area contributed by atoms with Crippen LogP contribution in [-0.2, 0) is 16.1 Å². The van der Waals surface area contributed by atoms with Crippen molar-refractivity contribution in [2.75, 3.05) is 12.4 Å². The number of aryl methyl sites for hydroxylation is 1. The zero-order valence-electron chi connectivity index (χ0n) is 17.0. The maximum atomic E-state index is 13.0. The lowest BCUT2D eigenvalue weighted by Gasteiger charge is -2.20. The predicted molar refractivity (Wildman–Crippen MR) is 110 cm³/mol. The van der Waals surface area contributed by atoms with E-state index in [9.17, 15) is 9.59 Å². The molecule has 0 heterocycles. The van der Waals surface area contributed by atoms with E-state index < -0.39 is 5.41 Å². The molecule has 148 valence electrons. The first-order chi connectivity index (χ1) is 13.4.